The normalized spacial score (nSPS) is 12.5. The van der Waals surface area contributed by atoms with Gasteiger partial charge in [-0.2, -0.15) is 0 Å². The largest absolute Gasteiger partial charge is 0.385 e. The second-order valence-corrected chi connectivity index (χ2v) is 4.49. The van der Waals surface area contributed by atoms with Gasteiger partial charge in [-0.15, -0.1) is 0 Å². The lowest BCUT2D eigenvalue weighted by Crippen LogP contribution is -2.25. The van der Waals surface area contributed by atoms with Crippen molar-refractivity contribution in [1.29, 1.82) is 0 Å². The van der Waals surface area contributed by atoms with Gasteiger partial charge in [0.05, 0.1) is 0 Å². The zero-order valence-corrected chi connectivity index (χ0v) is 10.8. The summed E-state index contributed by atoms with van der Waals surface area (Å²) in [7, 11) is 1.64. The second-order valence-electron chi connectivity index (χ2n) is 4.49. The topological polar surface area (TPSA) is 52.3 Å². The van der Waals surface area contributed by atoms with Crippen LogP contribution in [0, 0.1) is 13.8 Å². The monoisotopic (exact) mass is 235 g/mol. The average molecular weight is 235 g/mol. The number of nitrogens with two attached hydrogens (primary N) is 1. The van der Waals surface area contributed by atoms with Gasteiger partial charge >= 0.3 is 0 Å². The third-order valence-corrected chi connectivity index (χ3v) is 2.83. The predicted octanol–water partition coefficient (Wildman–Crippen LogP) is 2.24. The number of ether oxygens (including phenoxy) is 1. The van der Waals surface area contributed by atoms with Gasteiger partial charge in [0.1, 0.15) is 0 Å². The SMILES string of the molecule is COCCC(N)CC(=O)c1cc(C)ccc1C. The van der Waals surface area contributed by atoms with Gasteiger partial charge in [0.15, 0.2) is 5.78 Å². The first-order chi connectivity index (χ1) is 8.04. The third kappa shape index (κ3) is 4.29. The molecule has 0 saturated carbocycles. The Labute approximate surface area is 103 Å². The smallest absolute Gasteiger partial charge is 0.164 e. The third-order valence-electron chi connectivity index (χ3n) is 2.83. The molecule has 0 aromatic heterocycles. The molecule has 1 unspecified atom stereocenters. The van der Waals surface area contributed by atoms with Crippen LogP contribution in [0.15, 0.2) is 18.2 Å². The molecular weight excluding hydrogens is 214 g/mol. The molecule has 1 atom stereocenters. The lowest BCUT2D eigenvalue weighted by molar-refractivity contribution is 0.0966. The lowest BCUT2D eigenvalue weighted by Gasteiger charge is -2.11. The molecule has 0 aliphatic rings. The molecule has 17 heavy (non-hydrogen) atoms. The number of Topliss-reactive ketones (excluding diaryl/α,β-unsaturated/α-hetero) is 1. The standard InChI is InChI=1S/C14H21NO2/c1-10-4-5-11(2)13(8-10)14(16)9-12(15)6-7-17-3/h4-5,8,12H,6-7,9,15H2,1-3H3. The summed E-state index contributed by atoms with van der Waals surface area (Å²) < 4.78 is 4.95. The Bertz CT molecular complexity index is 388. The van der Waals surface area contributed by atoms with Crippen LogP contribution in [0.25, 0.3) is 0 Å². The van der Waals surface area contributed by atoms with Gasteiger partial charge in [0.25, 0.3) is 0 Å². The van der Waals surface area contributed by atoms with Crippen LogP contribution in [-0.4, -0.2) is 25.5 Å². The van der Waals surface area contributed by atoms with Crippen LogP contribution < -0.4 is 5.73 Å². The Morgan fingerprint density at radius 3 is 2.76 bits per heavy atom. The highest BCUT2D eigenvalue weighted by molar-refractivity contribution is 5.97. The molecule has 1 rings (SSSR count). The maximum atomic E-state index is 12.1. The minimum Gasteiger partial charge on any atom is -0.385 e. The molecule has 0 aliphatic carbocycles. The summed E-state index contributed by atoms with van der Waals surface area (Å²) in [4.78, 5) is 12.1. The Balaban J connectivity index is 2.66. The number of ketones is 1. The van der Waals surface area contributed by atoms with Crippen LogP contribution in [-0.2, 0) is 4.74 Å². The van der Waals surface area contributed by atoms with Crippen LogP contribution in [0.4, 0.5) is 0 Å². The van der Waals surface area contributed by atoms with E-state index < -0.39 is 0 Å². The van der Waals surface area contributed by atoms with Crippen molar-refractivity contribution < 1.29 is 9.53 Å². The Hall–Kier alpha value is -1.19. The molecule has 0 bridgehead atoms. The Morgan fingerprint density at radius 2 is 2.12 bits per heavy atom. The number of hydrogen-bond donors (Lipinski definition) is 1. The molecule has 0 aliphatic heterocycles. The second kappa shape index (κ2) is 6.52. The van der Waals surface area contributed by atoms with Crippen molar-refractivity contribution in [3.8, 4) is 0 Å². The van der Waals surface area contributed by atoms with Crippen molar-refractivity contribution in [3.05, 3.63) is 34.9 Å². The van der Waals surface area contributed by atoms with Gasteiger partial charge in [0, 0.05) is 31.7 Å². The number of rotatable bonds is 6. The zero-order chi connectivity index (χ0) is 12.8. The van der Waals surface area contributed by atoms with E-state index in [1.165, 1.54) is 0 Å². The summed E-state index contributed by atoms with van der Waals surface area (Å²) in [5.74, 6) is 0.120. The molecular formula is C14H21NO2. The van der Waals surface area contributed by atoms with Crippen molar-refractivity contribution >= 4 is 5.78 Å². The molecule has 2 N–H and O–H groups in total. The zero-order valence-electron chi connectivity index (χ0n) is 10.8. The van der Waals surface area contributed by atoms with Crippen LogP contribution in [0.1, 0.15) is 34.3 Å². The molecule has 1 aromatic carbocycles. The van der Waals surface area contributed by atoms with Gasteiger partial charge < -0.3 is 10.5 Å². The number of aryl methyl sites for hydroxylation is 2. The Kier molecular flexibility index (Phi) is 5.32. The van der Waals surface area contributed by atoms with Crippen LogP contribution in [0.3, 0.4) is 0 Å². The summed E-state index contributed by atoms with van der Waals surface area (Å²) >= 11 is 0. The molecule has 3 heteroatoms. The number of hydrogen-bond acceptors (Lipinski definition) is 3. The minimum atomic E-state index is -0.123. The first-order valence-electron chi connectivity index (χ1n) is 5.89. The number of methoxy groups -OCH3 is 1. The highest BCUT2D eigenvalue weighted by Gasteiger charge is 2.13. The van der Waals surface area contributed by atoms with E-state index in [4.69, 9.17) is 10.5 Å². The van der Waals surface area contributed by atoms with E-state index in [0.29, 0.717) is 19.4 Å². The summed E-state index contributed by atoms with van der Waals surface area (Å²) in [5.41, 5.74) is 8.79. The summed E-state index contributed by atoms with van der Waals surface area (Å²) in [6.07, 6.45) is 1.10. The first kappa shape index (κ1) is 13.9. The highest BCUT2D eigenvalue weighted by Crippen LogP contribution is 2.14. The molecule has 0 fully saturated rings. The molecule has 1 aromatic rings. The van der Waals surface area contributed by atoms with Gasteiger partial charge in [-0.25, -0.2) is 0 Å². The molecule has 0 radical (unpaired) electrons. The van der Waals surface area contributed by atoms with E-state index in [0.717, 1.165) is 16.7 Å². The first-order valence-corrected chi connectivity index (χ1v) is 5.89. The van der Waals surface area contributed by atoms with E-state index in [1.807, 2.05) is 32.0 Å². The van der Waals surface area contributed by atoms with E-state index in [9.17, 15) is 4.79 Å². The number of benzene rings is 1. The maximum absolute atomic E-state index is 12.1. The fourth-order valence-corrected chi connectivity index (χ4v) is 1.76. The number of carbonyl (C=O) groups excluding carboxylic acids is 1. The van der Waals surface area contributed by atoms with Gasteiger partial charge in [-0.3, -0.25) is 4.79 Å². The quantitative estimate of drug-likeness (QED) is 0.769. The summed E-state index contributed by atoms with van der Waals surface area (Å²) in [6, 6.07) is 5.79. The van der Waals surface area contributed by atoms with Gasteiger partial charge in [-0.1, -0.05) is 17.7 Å². The summed E-state index contributed by atoms with van der Waals surface area (Å²) in [5, 5.41) is 0. The molecule has 3 nitrogen and oxygen atoms in total. The van der Waals surface area contributed by atoms with Gasteiger partial charge in [-0.05, 0) is 31.9 Å². The van der Waals surface area contributed by atoms with E-state index in [2.05, 4.69) is 0 Å². The number of carbonyl (C=O) groups is 1. The molecule has 94 valence electrons. The minimum absolute atomic E-state index is 0.120. The maximum Gasteiger partial charge on any atom is 0.164 e. The van der Waals surface area contributed by atoms with E-state index in [1.54, 1.807) is 7.11 Å². The van der Waals surface area contributed by atoms with Crippen LogP contribution in [0.5, 0.6) is 0 Å². The van der Waals surface area contributed by atoms with Crippen LogP contribution in [0.2, 0.25) is 0 Å². The molecule has 0 spiro atoms. The highest BCUT2D eigenvalue weighted by atomic mass is 16.5. The predicted molar refractivity (Wildman–Crippen MR) is 69.3 cm³/mol. The fraction of sp³-hybridized carbons (Fsp3) is 0.500. The molecule has 0 amide bonds. The van der Waals surface area contributed by atoms with Crippen molar-refractivity contribution in [1.82, 2.24) is 0 Å². The van der Waals surface area contributed by atoms with Gasteiger partial charge in [0.2, 0.25) is 0 Å². The van der Waals surface area contributed by atoms with Crippen molar-refractivity contribution in [2.45, 2.75) is 32.7 Å². The van der Waals surface area contributed by atoms with Crippen molar-refractivity contribution in [2.75, 3.05) is 13.7 Å². The molecule has 0 heterocycles. The fourth-order valence-electron chi connectivity index (χ4n) is 1.76. The lowest BCUT2D eigenvalue weighted by atomic mass is 9.97. The van der Waals surface area contributed by atoms with Crippen molar-refractivity contribution in [2.24, 2.45) is 5.73 Å². The van der Waals surface area contributed by atoms with E-state index >= 15 is 0 Å². The average Bonchev–Trinajstić information content (AvgIpc) is 2.29. The Morgan fingerprint density at radius 1 is 1.41 bits per heavy atom. The van der Waals surface area contributed by atoms with E-state index in [-0.39, 0.29) is 11.8 Å². The van der Waals surface area contributed by atoms with Crippen LogP contribution >= 0.6 is 0 Å². The summed E-state index contributed by atoms with van der Waals surface area (Å²) in [6.45, 7) is 4.54. The molecule has 0 saturated heterocycles. The van der Waals surface area contributed by atoms with Crippen molar-refractivity contribution in [3.63, 3.8) is 0 Å².